The van der Waals surface area contributed by atoms with Crippen molar-refractivity contribution < 1.29 is 14.3 Å². The highest BCUT2D eigenvalue weighted by molar-refractivity contribution is 9.10. The predicted octanol–water partition coefficient (Wildman–Crippen LogP) is 6.05. The van der Waals surface area contributed by atoms with Crippen molar-refractivity contribution in [1.29, 1.82) is 0 Å². The molecule has 0 radical (unpaired) electrons. The summed E-state index contributed by atoms with van der Waals surface area (Å²) < 4.78 is 6.92. The van der Waals surface area contributed by atoms with E-state index in [9.17, 15) is 9.59 Å². The van der Waals surface area contributed by atoms with Gasteiger partial charge in [0.1, 0.15) is 12.4 Å². The molecule has 6 nitrogen and oxygen atoms in total. The van der Waals surface area contributed by atoms with Crippen LogP contribution in [-0.4, -0.2) is 18.0 Å². The highest BCUT2D eigenvalue weighted by atomic mass is 79.9. The Morgan fingerprint density at radius 1 is 0.829 bits per heavy atom. The van der Waals surface area contributed by atoms with Crippen LogP contribution < -0.4 is 15.5 Å². The zero-order chi connectivity index (χ0) is 24.5. The van der Waals surface area contributed by atoms with Crippen LogP contribution in [0.3, 0.4) is 0 Å². The van der Waals surface area contributed by atoms with Crippen molar-refractivity contribution in [3.63, 3.8) is 0 Å². The van der Waals surface area contributed by atoms with Crippen LogP contribution in [0.5, 0.6) is 5.75 Å². The first-order valence-corrected chi connectivity index (χ1v) is 11.9. The van der Waals surface area contributed by atoms with E-state index in [-0.39, 0.29) is 24.7 Å². The Balaban J connectivity index is 1.26. The maximum atomic E-state index is 12.4. The highest BCUT2D eigenvalue weighted by Gasteiger charge is 2.09. The van der Waals surface area contributed by atoms with Gasteiger partial charge in [-0.3, -0.25) is 9.59 Å². The molecule has 0 atom stereocenters. The number of fused-ring (bicyclic) bond motifs is 1. The van der Waals surface area contributed by atoms with Gasteiger partial charge in [0.05, 0.1) is 6.21 Å². The molecule has 0 unspecified atom stereocenters. The molecule has 2 amide bonds. The molecule has 0 bridgehead atoms. The number of hydrazone groups is 1. The van der Waals surface area contributed by atoms with E-state index in [1.807, 2.05) is 91.0 Å². The summed E-state index contributed by atoms with van der Waals surface area (Å²) in [4.78, 5) is 24.5. The minimum atomic E-state index is -0.345. The normalized spacial score (nSPS) is 10.9. The fraction of sp³-hybridized carbons (Fsp3) is 0.107. The lowest BCUT2D eigenvalue weighted by atomic mass is 10.1. The molecule has 4 aromatic carbocycles. The lowest BCUT2D eigenvalue weighted by Gasteiger charge is -2.09. The van der Waals surface area contributed by atoms with Crippen LogP contribution in [0.15, 0.2) is 101 Å². The molecule has 2 N–H and O–H groups in total. The minimum Gasteiger partial charge on any atom is -0.488 e. The molecule has 35 heavy (non-hydrogen) atoms. The molecule has 4 aromatic rings. The van der Waals surface area contributed by atoms with Crippen molar-refractivity contribution in [2.75, 3.05) is 5.32 Å². The summed E-state index contributed by atoms with van der Waals surface area (Å²) >= 11 is 3.42. The molecule has 0 heterocycles. The summed E-state index contributed by atoms with van der Waals surface area (Å²) in [5.41, 5.74) is 4.98. The number of hydrogen-bond donors (Lipinski definition) is 2. The number of carbonyl (C=O) groups excluding carboxylic acids is 2. The zero-order valence-electron chi connectivity index (χ0n) is 18.9. The molecule has 0 fully saturated rings. The predicted molar refractivity (Wildman–Crippen MR) is 142 cm³/mol. The summed E-state index contributed by atoms with van der Waals surface area (Å²) in [5, 5.41) is 8.91. The molecular weight excluding hydrogens is 506 g/mol. The number of nitrogens with one attached hydrogen (secondary N) is 2. The number of amides is 2. The van der Waals surface area contributed by atoms with E-state index in [1.54, 1.807) is 0 Å². The van der Waals surface area contributed by atoms with Crippen LogP contribution in [0.2, 0.25) is 0 Å². The number of hydrogen-bond acceptors (Lipinski definition) is 4. The van der Waals surface area contributed by atoms with Gasteiger partial charge in [0.15, 0.2) is 0 Å². The summed E-state index contributed by atoms with van der Waals surface area (Å²) in [6.07, 6.45) is 1.61. The SMILES string of the molecule is O=C(CCC(=O)Nc1cccc2ccccc12)N/N=C\c1ccccc1OCc1ccc(Br)cc1. The second-order valence-corrected chi connectivity index (χ2v) is 8.74. The van der Waals surface area contributed by atoms with E-state index >= 15 is 0 Å². The van der Waals surface area contributed by atoms with E-state index in [4.69, 9.17) is 4.74 Å². The third-order valence-electron chi connectivity index (χ3n) is 5.26. The second-order valence-electron chi connectivity index (χ2n) is 7.82. The molecule has 0 saturated heterocycles. The summed E-state index contributed by atoms with van der Waals surface area (Å²) in [5.74, 6) is 0.0811. The molecule has 0 aliphatic rings. The van der Waals surface area contributed by atoms with Crippen molar-refractivity contribution in [3.8, 4) is 5.75 Å². The number of halogens is 1. The van der Waals surface area contributed by atoms with Gasteiger partial charge in [-0.15, -0.1) is 0 Å². The first kappa shape index (κ1) is 24.2. The molecule has 0 saturated carbocycles. The van der Waals surface area contributed by atoms with Crippen LogP contribution in [0.4, 0.5) is 5.69 Å². The van der Waals surface area contributed by atoms with Gasteiger partial charge in [-0.25, -0.2) is 5.43 Å². The molecule has 0 aliphatic heterocycles. The highest BCUT2D eigenvalue weighted by Crippen LogP contribution is 2.23. The molecule has 176 valence electrons. The first-order valence-electron chi connectivity index (χ1n) is 11.1. The van der Waals surface area contributed by atoms with Gasteiger partial charge in [0, 0.05) is 34.0 Å². The van der Waals surface area contributed by atoms with E-state index in [2.05, 4.69) is 31.8 Å². The van der Waals surface area contributed by atoms with E-state index in [0.29, 0.717) is 12.4 Å². The molecule has 0 aliphatic carbocycles. The van der Waals surface area contributed by atoms with Gasteiger partial charge in [0.2, 0.25) is 11.8 Å². The lowest BCUT2D eigenvalue weighted by molar-refractivity contribution is -0.124. The van der Waals surface area contributed by atoms with Crippen molar-refractivity contribution >= 4 is 50.4 Å². The number of ether oxygens (including phenoxy) is 1. The number of carbonyl (C=O) groups is 2. The van der Waals surface area contributed by atoms with Crippen LogP contribution in [0, 0.1) is 0 Å². The quantitative estimate of drug-likeness (QED) is 0.204. The molecule has 4 rings (SSSR count). The third-order valence-corrected chi connectivity index (χ3v) is 5.79. The van der Waals surface area contributed by atoms with Crippen molar-refractivity contribution in [1.82, 2.24) is 5.43 Å². The summed E-state index contributed by atoms with van der Waals surface area (Å²) in [6.45, 7) is 0.413. The Morgan fingerprint density at radius 2 is 1.54 bits per heavy atom. The maximum absolute atomic E-state index is 12.4. The van der Waals surface area contributed by atoms with Crippen LogP contribution in [0.1, 0.15) is 24.0 Å². The fourth-order valence-electron chi connectivity index (χ4n) is 3.46. The largest absolute Gasteiger partial charge is 0.488 e. The van der Waals surface area contributed by atoms with Crippen LogP contribution in [0.25, 0.3) is 10.8 Å². The Bertz CT molecular complexity index is 1350. The Kier molecular flexibility index (Phi) is 8.25. The van der Waals surface area contributed by atoms with Crippen molar-refractivity contribution in [2.24, 2.45) is 5.10 Å². The Hall–Kier alpha value is -3.97. The van der Waals surface area contributed by atoms with Gasteiger partial charge in [0.25, 0.3) is 0 Å². The second kappa shape index (κ2) is 11.9. The van der Waals surface area contributed by atoms with Crippen LogP contribution >= 0.6 is 15.9 Å². The van der Waals surface area contributed by atoms with Gasteiger partial charge in [-0.05, 0) is 41.3 Å². The maximum Gasteiger partial charge on any atom is 0.240 e. The van der Waals surface area contributed by atoms with Gasteiger partial charge < -0.3 is 10.1 Å². The molecule has 0 aromatic heterocycles. The lowest BCUT2D eigenvalue weighted by Crippen LogP contribution is -2.20. The molecule has 0 spiro atoms. The topological polar surface area (TPSA) is 79.8 Å². The smallest absolute Gasteiger partial charge is 0.240 e. The molecule has 7 heteroatoms. The van der Waals surface area contributed by atoms with E-state index in [0.717, 1.165) is 32.1 Å². The number of rotatable bonds is 9. The number of benzene rings is 4. The Morgan fingerprint density at radius 3 is 2.40 bits per heavy atom. The number of anilines is 1. The summed E-state index contributed by atoms with van der Waals surface area (Å²) in [7, 11) is 0. The average molecular weight is 530 g/mol. The van der Waals surface area contributed by atoms with Gasteiger partial charge in [-0.1, -0.05) is 76.6 Å². The molecular formula is C28H24BrN3O3. The number of para-hydroxylation sites is 1. The van der Waals surface area contributed by atoms with Crippen LogP contribution in [-0.2, 0) is 16.2 Å². The minimum absolute atomic E-state index is 0.0235. The standard InChI is InChI=1S/C28H24BrN3O3/c29-23-14-12-20(13-15-23)19-35-26-11-4-2-7-22(26)18-30-32-28(34)17-16-27(33)31-25-10-5-8-21-6-1-3-9-24(21)25/h1-15,18H,16-17,19H2,(H,31,33)(H,32,34)/b30-18-. The monoisotopic (exact) mass is 529 g/mol. The van der Waals surface area contributed by atoms with E-state index < -0.39 is 0 Å². The van der Waals surface area contributed by atoms with Crippen molar-refractivity contribution in [2.45, 2.75) is 19.4 Å². The van der Waals surface area contributed by atoms with Gasteiger partial charge >= 0.3 is 0 Å². The van der Waals surface area contributed by atoms with E-state index in [1.165, 1.54) is 6.21 Å². The zero-order valence-corrected chi connectivity index (χ0v) is 20.5. The average Bonchev–Trinajstić information content (AvgIpc) is 2.88. The van der Waals surface area contributed by atoms with Crippen molar-refractivity contribution in [3.05, 3.63) is 107 Å². The summed E-state index contributed by atoms with van der Waals surface area (Å²) in [6, 6.07) is 28.9. The fourth-order valence-corrected chi connectivity index (χ4v) is 3.73. The first-order chi connectivity index (χ1) is 17.1. The Labute approximate surface area is 212 Å². The van der Waals surface area contributed by atoms with Gasteiger partial charge in [-0.2, -0.15) is 5.10 Å². The number of nitrogens with zero attached hydrogens (tertiary/aromatic N) is 1. The third kappa shape index (κ3) is 7.01.